The highest BCUT2D eigenvalue weighted by molar-refractivity contribution is 5.83. The van der Waals surface area contributed by atoms with Crippen LogP contribution >= 0.6 is 0 Å². The lowest BCUT2D eigenvalue weighted by Gasteiger charge is -2.36. The minimum atomic E-state index is 0.453. The van der Waals surface area contributed by atoms with Crippen molar-refractivity contribution >= 4 is 29.3 Å². The van der Waals surface area contributed by atoms with Crippen LogP contribution in [0.2, 0.25) is 0 Å². The number of aromatic nitrogens is 4. The molecule has 2 aliphatic rings. The molecule has 2 aromatic rings. The quantitative estimate of drug-likeness (QED) is 0.713. The molecule has 0 radical (unpaired) electrons. The van der Waals surface area contributed by atoms with E-state index < -0.39 is 0 Å². The van der Waals surface area contributed by atoms with Gasteiger partial charge in [0.05, 0.1) is 6.33 Å². The highest BCUT2D eigenvalue weighted by atomic mass is 16.1. The van der Waals surface area contributed by atoms with Crippen molar-refractivity contribution < 1.29 is 4.79 Å². The number of amides is 1. The predicted molar refractivity (Wildman–Crippen MR) is 110 cm³/mol. The maximum Gasteiger partial charge on any atom is 0.229 e. The molecular weight excluding hydrogens is 354 g/mol. The van der Waals surface area contributed by atoms with Crippen LogP contribution in [0.25, 0.3) is 11.2 Å². The average molecular weight is 386 g/mol. The SMILES string of the molecule is CNc1nc(N2CCCC(CCN(C=O)C3CCCCC3)C2)nc2nc[nH]c12. The van der Waals surface area contributed by atoms with E-state index >= 15 is 0 Å². The fraction of sp³-hybridized carbons (Fsp3) is 0.700. The largest absolute Gasteiger partial charge is 0.371 e. The van der Waals surface area contributed by atoms with Gasteiger partial charge in [-0.2, -0.15) is 9.97 Å². The van der Waals surface area contributed by atoms with Crippen LogP contribution in [0.4, 0.5) is 11.8 Å². The molecule has 0 spiro atoms. The summed E-state index contributed by atoms with van der Waals surface area (Å²) in [6.45, 7) is 2.78. The van der Waals surface area contributed by atoms with E-state index in [1.54, 1.807) is 6.33 Å². The summed E-state index contributed by atoms with van der Waals surface area (Å²) in [5.41, 5.74) is 1.54. The van der Waals surface area contributed by atoms with Gasteiger partial charge in [0.25, 0.3) is 0 Å². The van der Waals surface area contributed by atoms with E-state index in [2.05, 4.69) is 30.1 Å². The Bertz CT molecular complexity index is 786. The maximum atomic E-state index is 11.6. The van der Waals surface area contributed by atoms with E-state index in [1.165, 1.54) is 38.5 Å². The van der Waals surface area contributed by atoms with Gasteiger partial charge in [0.15, 0.2) is 11.5 Å². The van der Waals surface area contributed by atoms with Crippen molar-refractivity contribution in [2.45, 2.75) is 57.4 Å². The Morgan fingerprint density at radius 2 is 2.11 bits per heavy atom. The van der Waals surface area contributed by atoms with Crippen LogP contribution in [-0.4, -0.2) is 64.0 Å². The van der Waals surface area contributed by atoms with E-state index in [9.17, 15) is 4.79 Å². The molecule has 28 heavy (non-hydrogen) atoms. The molecule has 2 aromatic heterocycles. The van der Waals surface area contributed by atoms with Gasteiger partial charge in [0, 0.05) is 32.7 Å². The van der Waals surface area contributed by atoms with E-state index in [0.29, 0.717) is 17.6 Å². The van der Waals surface area contributed by atoms with Crippen LogP contribution in [0.15, 0.2) is 6.33 Å². The van der Waals surface area contributed by atoms with Crippen LogP contribution < -0.4 is 10.2 Å². The second kappa shape index (κ2) is 8.75. The maximum absolute atomic E-state index is 11.6. The van der Waals surface area contributed by atoms with Crippen molar-refractivity contribution in [2.24, 2.45) is 5.92 Å². The fourth-order valence-electron chi connectivity index (χ4n) is 4.69. The Labute approximate surface area is 166 Å². The number of carbonyl (C=O) groups is 1. The number of anilines is 2. The monoisotopic (exact) mass is 385 g/mol. The first kappa shape index (κ1) is 19.0. The fourth-order valence-corrected chi connectivity index (χ4v) is 4.69. The Morgan fingerprint density at radius 1 is 1.25 bits per heavy atom. The van der Waals surface area contributed by atoms with E-state index in [1.807, 2.05) is 7.05 Å². The number of piperidine rings is 1. The van der Waals surface area contributed by atoms with Gasteiger partial charge in [0.2, 0.25) is 12.4 Å². The van der Waals surface area contributed by atoms with Crippen LogP contribution in [0.1, 0.15) is 51.4 Å². The summed E-state index contributed by atoms with van der Waals surface area (Å²) in [7, 11) is 1.87. The number of hydrogen-bond donors (Lipinski definition) is 2. The van der Waals surface area contributed by atoms with Crippen molar-refractivity contribution in [3.05, 3.63) is 6.33 Å². The number of carbonyl (C=O) groups excluding carboxylic acids is 1. The molecule has 1 atom stereocenters. The highest BCUT2D eigenvalue weighted by Gasteiger charge is 2.25. The first-order chi connectivity index (χ1) is 13.8. The van der Waals surface area contributed by atoms with Gasteiger partial charge in [-0.05, 0) is 38.0 Å². The van der Waals surface area contributed by atoms with Crippen LogP contribution in [0.3, 0.4) is 0 Å². The van der Waals surface area contributed by atoms with Crippen molar-refractivity contribution in [1.82, 2.24) is 24.8 Å². The first-order valence-corrected chi connectivity index (χ1v) is 10.6. The Hall–Kier alpha value is -2.38. The van der Waals surface area contributed by atoms with Crippen LogP contribution in [0.5, 0.6) is 0 Å². The molecule has 1 saturated carbocycles. The lowest BCUT2D eigenvalue weighted by atomic mass is 9.92. The average Bonchev–Trinajstić information content (AvgIpc) is 3.23. The minimum absolute atomic E-state index is 0.453. The molecule has 0 aromatic carbocycles. The number of hydrogen-bond acceptors (Lipinski definition) is 6. The summed E-state index contributed by atoms with van der Waals surface area (Å²) in [6, 6.07) is 0.453. The molecule has 8 heteroatoms. The first-order valence-electron chi connectivity index (χ1n) is 10.6. The van der Waals surface area contributed by atoms with Gasteiger partial charge >= 0.3 is 0 Å². The molecule has 1 unspecified atom stereocenters. The standard InChI is InChI=1S/C20H31N7O/c1-21-18-17-19(23-13-22-17)25-20(24-18)26-10-5-6-15(12-26)9-11-27(14-28)16-7-3-2-4-8-16/h13-16H,2-12H2,1H3,(H2,21,22,23,24,25). The van der Waals surface area contributed by atoms with Gasteiger partial charge in [-0.25, -0.2) is 4.98 Å². The Kier molecular flexibility index (Phi) is 5.92. The number of fused-ring (bicyclic) bond motifs is 1. The summed E-state index contributed by atoms with van der Waals surface area (Å²) in [5.74, 6) is 2.09. The molecule has 4 rings (SSSR count). The third kappa shape index (κ3) is 4.05. The van der Waals surface area contributed by atoms with Crippen LogP contribution in [0, 0.1) is 5.92 Å². The molecule has 152 valence electrons. The number of aromatic amines is 1. The van der Waals surface area contributed by atoms with Gasteiger partial charge in [0.1, 0.15) is 5.52 Å². The number of rotatable bonds is 7. The summed E-state index contributed by atoms with van der Waals surface area (Å²) in [6.07, 6.45) is 12.3. The molecule has 0 bridgehead atoms. The molecule has 3 heterocycles. The number of imidazole rings is 1. The zero-order valence-electron chi connectivity index (χ0n) is 16.7. The summed E-state index contributed by atoms with van der Waals surface area (Å²) < 4.78 is 0. The predicted octanol–water partition coefficient (Wildman–Crippen LogP) is 2.79. The van der Waals surface area contributed by atoms with Crippen molar-refractivity contribution in [3.63, 3.8) is 0 Å². The molecule has 1 aliphatic heterocycles. The zero-order chi connectivity index (χ0) is 19.3. The lowest BCUT2D eigenvalue weighted by molar-refractivity contribution is -0.121. The molecule has 1 saturated heterocycles. The van der Waals surface area contributed by atoms with Gasteiger partial charge in [-0.3, -0.25) is 4.79 Å². The summed E-state index contributed by atoms with van der Waals surface area (Å²) in [4.78, 5) is 32.7. The summed E-state index contributed by atoms with van der Waals surface area (Å²) >= 11 is 0. The van der Waals surface area contributed by atoms with Crippen LogP contribution in [-0.2, 0) is 4.79 Å². The molecule has 8 nitrogen and oxygen atoms in total. The van der Waals surface area contributed by atoms with Gasteiger partial charge in [-0.15, -0.1) is 0 Å². The third-order valence-electron chi connectivity index (χ3n) is 6.29. The Balaban J connectivity index is 1.39. The molecule has 1 amide bonds. The number of nitrogens with zero attached hydrogens (tertiary/aromatic N) is 5. The second-order valence-electron chi connectivity index (χ2n) is 8.10. The molecule has 1 aliphatic carbocycles. The molecule has 2 fully saturated rings. The number of nitrogens with one attached hydrogen (secondary N) is 2. The zero-order valence-corrected chi connectivity index (χ0v) is 16.7. The van der Waals surface area contributed by atoms with E-state index in [-0.39, 0.29) is 0 Å². The smallest absolute Gasteiger partial charge is 0.229 e. The second-order valence-corrected chi connectivity index (χ2v) is 8.10. The van der Waals surface area contributed by atoms with Crippen molar-refractivity contribution in [1.29, 1.82) is 0 Å². The van der Waals surface area contributed by atoms with E-state index in [4.69, 9.17) is 4.98 Å². The highest BCUT2D eigenvalue weighted by Crippen LogP contribution is 2.27. The van der Waals surface area contributed by atoms with Gasteiger partial charge in [-0.1, -0.05) is 19.3 Å². The summed E-state index contributed by atoms with van der Waals surface area (Å²) in [5, 5.41) is 3.14. The Morgan fingerprint density at radius 3 is 2.89 bits per heavy atom. The molecular formula is C20H31N7O. The number of H-pyrrole nitrogens is 1. The third-order valence-corrected chi connectivity index (χ3v) is 6.29. The normalized spacial score (nSPS) is 21.0. The lowest BCUT2D eigenvalue weighted by Crippen LogP contribution is -2.40. The minimum Gasteiger partial charge on any atom is -0.371 e. The van der Waals surface area contributed by atoms with Gasteiger partial charge < -0.3 is 20.1 Å². The topological polar surface area (TPSA) is 90.0 Å². The van der Waals surface area contributed by atoms with Crippen molar-refractivity contribution in [3.8, 4) is 0 Å². The molecule has 2 N–H and O–H groups in total. The van der Waals surface area contributed by atoms with Crippen molar-refractivity contribution in [2.75, 3.05) is 36.9 Å². The van der Waals surface area contributed by atoms with E-state index in [0.717, 1.165) is 56.2 Å².